The molecule has 0 bridgehead atoms. The largest absolute Gasteiger partial charge is 0.357 e. The molecule has 0 atom stereocenters. The predicted octanol–water partition coefficient (Wildman–Crippen LogP) is 4.64. The van der Waals surface area contributed by atoms with Crippen LogP contribution >= 0.6 is 0 Å². The third-order valence-electron chi connectivity index (χ3n) is 4.68. The smallest absolute Gasteiger partial charge is 0.0881 e. The summed E-state index contributed by atoms with van der Waals surface area (Å²) < 4.78 is 3.88. The van der Waals surface area contributed by atoms with Gasteiger partial charge in [-0.05, 0) is 43.2 Å². The zero-order chi connectivity index (χ0) is 22.3. The maximum Gasteiger partial charge on any atom is 0.0881 e. The van der Waals surface area contributed by atoms with E-state index < -0.39 is 0 Å². The van der Waals surface area contributed by atoms with Gasteiger partial charge in [0.25, 0.3) is 0 Å². The van der Waals surface area contributed by atoms with Crippen LogP contribution in [0.3, 0.4) is 0 Å². The molecule has 0 fully saturated rings. The number of hydrogen-bond acceptors (Lipinski definition) is 4. The van der Waals surface area contributed by atoms with Crippen molar-refractivity contribution in [3.8, 4) is 0 Å². The summed E-state index contributed by atoms with van der Waals surface area (Å²) in [6.07, 6.45) is 4.24. The average molecular weight is 402 g/mol. The Morgan fingerprint density at radius 3 is 1.59 bits per heavy atom. The first kappa shape index (κ1) is 24.6. The second-order valence-corrected chi connectivity index (χ2v) is 8.42. The van der Waals surface area contributed by atoms with Crippen LogP contribution in [0.25, 0.3) is 0 Å². The van der Waals surface area contributed by atoms with Crippen LogP contribution in [-0.2, 0) is 21.1 Å². The topological polar surface area (TPSA) is 66.3 Å². The van der Waals surface area contributed by atoms with Crippen molar-refractivity contribution in [3.05, 3.63) is 46.8 Å². The fourth-order valence-corrected chi connectivity index (χ4v) is 2.87. The van der Waals surface area contributed by atoms with Gasteiger partial charge in [-0.15, -0.1) is 5.10 Å². The lowest BCUT2D eigenvalue weighted by Gasteiger charge is -1.99. The Balaban J connectivity index is 0.000000218. The van der Waals surface area contributed by atoms with E-state index in [1.54, 1.807) is 9.48 Å². The minimum atomic E-state index is 0.480. The second-order valence-electron chi connectivity index (χ2n) is 8.42. The molecule has 0 radical (unpaired) electrons. The molecule has 7 nitrogen and oxygen atoms in total. The van der Waals surface area contributed by atoms with E-state index in [1.165, 1.54) is 5.56 Å². The molecule has 0 aliphatic carbocycles. The van der Waals surface area contributed by atoms with Crippen LogP contribution in [0, 0.1) is 13.8 Å². The fourth-order valence-electron chi connectivity index (χ4n) is 2.87. The third-order valence-corrected chi connectivity index (χ3v) is 4.68. The van der Waals surface area contributed by atoms with Crippen LogP contribution in [0.1, 0.15) is 87.6 Å². The summed E-state index contributed by atoms with van der Waals surface area (Å²) in [4.78, 5) is 1.62. The maximum absolute atomic E-state index is 4.22. The minimum absolute atomic E-state index is 0.480. The Bertz CT molecular complexity index is 860. The van der Waals surface area contributed by atoms with Crippen molar-refractivity contribution in [1.82, 2.24) is 34.6 Å². The van der Waals surface area contributed by atoms with E-state index in [1.807, 2.05) is 35.0 Å². The number of rotatable bonds is 3. The van der Waals surface area contributed by atoms with Gasteiger partial charge < -0.3 is 4.57 Å². The van der Waals surface area contributed by atoms with Gasteiger partial charge in [0.15, 0.2) is 0 Å². The number of aromatic nitrogens is 7. The Morgan fingerprint density at radius 2 is 1.38 bits per heavy atom. The third kappa shape index (κ3) is 7.48. The van der Waals surface area contributed by atoms with Crippen molar-refractivity contribution in [1.29, 1.82) is 0 Å². The Kier molecular flexibility index (Phi) is 9.27. The lowest BCUT2D eigenvalue weighted by Crippen LogP contribution is -1.94. The first-order chi connectivity index (χ1) is 13.4. The summed E-state index contributed by atoms with van der Waals surface area (Å²) in [7, 11) is 5.80. The molecule has 0 unspecified atom stereocenters. The molecule has 0 aliphatic rings. The molecule has 0 saturated carbocycles. The van der Waals surface area contributed by atoms with Crippen LogP contribution in [0.4, 0.5) is 0 Å². The fraction of sp³-hybridized carbons (Fsp3) is 0.636. The number of nitrogens with zero attached hydrogens (tertiary/aromatic N) is 7. The summed E-state index contributed by atoms with van der Waals surface area (Å²) in [6, 6.07) is 2.16. The molecular weight excluding hydrogens is 362 g/mol. The van der Waals surface area contributed by atoms with E-state index in [0.717, 1.165) is 22.8 Å². The van der Waals surface area contributed by atoms with Crippen molar-refractivity contribution in [3.63, 3.8) is 0 Å². The molecule has 29 heavy (non-hydrogen) atoms. The van der Waals surface area contributed by atoms with Crippen molar-refractivity contribution in [2.75, 3.05) is 0 Å². The predicted molar refractivity (Wildman–Crippen MR) is 119 cm³/mol. The molecular formula is C22H39N7. The highest BCUT2D eigenvalue weighted by molar-refractivity contribution is 5.13. The normalized spacial score (nSPS) is 10.8. The summed E-state index contributed by atoms with van der Waals surface area (Å²) in [5.74, 6) is 1.62. The van der Waals surface area contributed by atoms with Crippen LogP contribution in [0.15, 0.2) is 18.5 Å². The molecule has 0 aliphatic heterocycles. The van der Waals surface area contributed by atoms with Gasteiger partial charge in [0.1, 0.15) is 0 Å². The van der Waals surface area contributed by atoms with E-state index in [4.69, 9.17) is 0 Å². The highest BCUT2D eigenvalue weighted by atomic mass is 15.5. The summed E-state index contributed by atoms with van der Waals surface area (Å²) in [5.41, 5.74) is 5.81. The Hall–Kier alpha value is -2.44. The molecule has 3 aromatic heterocycles. The average Bonchev–Trinajstić information content (AvgIpc) is 3.29. The van der Waals surface area contributed by atoms with Gasteiger partial charge in [0, 0.05) is 33.5 Å². The Morgan fingerprint density at radius 1 is 0.793 bits per heavy atom. The summed E-state index contributed by atoms with van der Waals surface area (Å²) in [6.45, 7) is 16.9. The number of aryl methyl sites for hydroxylation is 4. The Labute approximate surface area is 176 Å². The lowest BCUT2D eigenvalue weighted by atomic mass is 10.1. The molecule has 7 heteroatoms. The highest BCUT2D eigenvalue weighted by Crippen LogP contribution is 2.14. The van der Waals surface area contributed by atoms with E-state index >= 15 is 0 Å². The van der Waals surface area contributed by atoms with Crippen molar-refractivity contribution < 1.29 is 0 Å². The van der Waals surface area contributed by atoms with Gasteiger partial charge in [0.05, 0.1) is 22.8 Å². The van der Waals surface area contributed by atoms with Crippen molar-refractivity contribution in [2.24, 2.45) is 21.1 Å². The minimum Gasteiger partial charge on any atom is -0.357 e. The van der Waals surface area contributed by atoms with Crippen LogP contribution < -0.4 is 0 Å². The van der Waals surface area contributed by atoms with Gasteiger partial charge in [0.2, 0.25) is 0 Å². The molecule has 162 valence electrons. The standard InChI is InChI=1S/C8H13N.2C7H13N3/c1-7(2)8-4-5-9(3)6-8;1-5(2)7-6(3)10(4)9-8-7;1-5(2)7-6(3)8-10(4)9-7/h4-7H,1-3H3;2*5H,1-4H3. The molecule has 0 saturated heterocycles. The van der Waals surface area contributed by atoms with E-state index in [0.29, 0.717) is 17.8 Å². The van der Waals surface area contributed by atoms with E-state index in [-0.39, 0.29) is 0 Å². The first-order valence-corrected chi connectivity index (χ1v) is 10.3. The van der Waals surface area contributed by atoms with Crippen molar-refractivity contribution in [2.45, 2.75) is 73.1 Å². The number of hydrogen-bond donors (Lipinski definition) is 0. The van der Waals surface area contributed by atoms with Gasteiger partial charge in [-0.2, -0.15) is 15.0 Å². The van der Waals surface area contributed by atoms with Gasteiger partial charge in [-0.25, -0.2) is 0 Å². The monoisotopic (exact) mass is 401 g/mol. The second kappa shape index (κ2) is 10.9. The van der Waals surface area contributed by atoms with Gasteiger partial charge >= 0.3 is 0 Å². The maximum atomic E-state index is 4.22. The molecule has 3 aromatic rings. The molecule has 0 aromatic carbocycles. The SMILES string of the molecule is CC(C)c1ccn(C)c1.Cc1c(C(C)C)nnn1C.Cc1nn(C)nc1C(C)C. The molecule has 0 N–H and O–H groups in total. The highest BCUT2D eigenvalue weighted by Gasteiger charge is 2.08. The zero-order valence-electron chi connectivity index (χ0n) is 20.1. The lowest BCUT2D eigenvalue weighted by molar-refractivity contribution is 0.635. The van der Waals surface area contributed by atoms with Crippen LogP contribution in [0.5, 0.6) is 0 Å². The first-order valence-electron chi connectivity index (χ1n) is 10.3. The molecule has 0 amide bonds. The van der Waals surface area contributed by atoms with Crippen molar-refractivity contribution >= 4 is 0 Å². The van der Waals surface area contributed by atoms with Crippen LogP contribution in [-0.4, -0.2) is 34.6 Å². The quantitative estimate of drug-likeness (QED) is 0.641. The summed E-state index contributed by atoms with van der Waals surface area (Å²) >= 11 is 0. The van der Waals surface area contributed by atoms with E-state index in [2.05, 4.69) is 85.1 Å². The van der Waals surface area contributed by atoms with E-state index in [9.17, 15) is 0 Å². The zero-order valence-corrected chi connectivity index (χ0v) is 20.1. The van der Waals surface area contributed by atoms with Gasteiger partial charge in [-0.1, -0.05) is 46.8 Å². The summed E-state index contributed by atoms with van der Waals surface area (Å²) in [5, 5.41) is 16.3. The van der Waals surface area contributed by atoms with Crippen LogP contribution in [0.2, 0.25) is 0 Å². The molecule has 3 heterocycles. The molecule has 3 rings (SSSR count). The molecule has 0 spiro atoms. The van der Waals surface area contributed by atoms with Gasteiger partial charge in [-0.3, -0.25) is 4.68 Å².